The molecule has 0 unspecified atom stereocenters. The van der Waals surface area contributed by atoms with Crippen molar-refractivity contribution in [3.05, 3.63) is 83.9 Å². The molecule has 3 aromatic carbocycles. The van der Waals surface area contributed by atoms with Gasteiger partial charge in [-0.1, -0.05) is 36.4 Å². The first-order chi connectivity index (χ1) is 21.3. The summed E-state index contributed by atoms with van der Waals surface area (Å²) in [7, 11) is 8.71. The molecule has 0 fully saturated rings. The average molecular weight is 616 g/mol. The van der Waals surface area contributed by atoms with E-state index >= 15 is 0 Å². The van der Waals surface area contributed by atoms with Gasteiger partial charge in [0.05, 0.1) is 43.7 Å². The molecule has 1 aromatic heterocycles. The van der Waals surface area contributed by atoms with Crippen molar-refractivity contribution in [3.63, 3.8) is 0 Å². The lowest BCUT2D eigenvalue weighted by Crippen LogP contribution is -2.43. The van der Waals surface area contributed by atoms with Crippen LogP contribution in [0.1, 0.15) is 16.4 Å². The van der Waals surface area contributed by atoms with E-state index in [-0.39, 0.29) is 29.4 Å². The summed E-state index contributed by atoms with van der Waals surface area (Å²) in [6.45, 7) is 1.01. The van der Waals surface area contributed by atoms with E-state index in [0.29, 0.717) is 36.2 Å². The highest BCUT2D eigenvalue weighted by atomic mass is 32.2. The predicted molar refractivity (Wildman–Crippen MR) is 173 cm³/mol. The van der Waals surface area contributed by atoms with Crippen molar-refractivity contribution in [1.29, 1.82) is 0 Å². The number of ether oxygens (including phenoxy) is 3. The van der Waals surface area contributed by atoms with Crippen molar-refractivity contribution in [3.8, 4) is 34.2 Å². The van der Waals surface area contributed by atoms with E-state index < -0.39 is 0 Å². The number of nitrogens with zero attached hydrogens (tertiary/aromatic N) is 4. The second-order valence-corrected chi connectivity index (χ2v) is 11.6. The lowest BCUT2D eigenvalue weighted by molar-refractivity contribution is -0.122. The standard InChI is InChI=1S/C33H37N5O5S/c1-36(2)18-17-34-28(39)20-37-29(40)21-44-32(23-11-16-26(42-4)27(19-23)43-5)30-31(22-9-7-6-8-10-22)35-38(33(30)37)24-12-14-25(41-3)15-13-24/h6-16,19,32H,17-18,20-21H2,1-5H3,(H,34,39)/t32-/m0/s1. The van der Waals surface area contributed by atoms with Gasteiger partial charge in [-0.25, -0.2) is 4.68 Å². The Labute approximate surface area is 261 Å². The average Bonchev–Trinajstić information content (AvgIpc) is 3.37. The molecule has 0 bridgehead atoms. The predicted octanol–water partition coefficient (Wildman–Crippen LogP) is 4.41. The summed E-state index contributed by atoms with van der Waals surface area (Å²) < 4.78 is 18.3. The number of benzene rings is 3. The van der Waals surface area contributed by atoms with Crippen molar-refractivity contribution >= 4 is 29.4 Å². The number of anilines is 1. The molecule has 2 heterocycles. The molecule has 0 saturated carbocycles. The fraction of sp³-hybridized carbons (Fsp3) is 0.303. The van der Waals surface area contributed by atoms with Crippen LogP contribution in [0.3, 0.4) is 0 Å². The Balaban J connectivity index is 1.73. The van der Waals surface area contributed by atoms with E-state index in [1.807, 2.05) is 91.8 Å². The Morgan fingerprint density at radius 3 is 2.36 bits per heavy atom. The second-order valence-electron chi connectivity index (χ2n) is 10.5. The molecule has 11 heteroatoms. The summed E-state index contributed by atoms with van der Waals surface area (Å²) >= 11 is 1.50. The number of hydrogen-bond acceptors (Lipinski definition) is 8. The minimum atomic E-state index is -0.308. The molecule has 2 amide bonds. The van der Waals surface area contributed by atoms with E-state index in [1.165, 1.54) is 11.8 Å². The van der Waals surface area contributed by atoms with Crippen molar-refractivity contribution in [2.24, 2.45) is 0 Å². The van der Waals surface area contributed by atoms with Gasteiger partial charge in [-0.2, -0.15) is 5.10 Å². The number of carbonyl (C=O) groups is 2. The minimum absolute atomic E-state index is 0.144. The monoisotopic (exact) mass is 615 g/mol. The highest BCUT2D eigenvalue weighted by Crippen LogP contribution is 2.49. The third kappa shape index (κ3) is 6.53. The third-order valence-corrected chi connectivity index (χ3v) is 8.60. The molecule has 4 aromatic rings. The van der Waals surface area contributed by atoms with E-state index in [9.17, 15) is 9.59 Å². The number of methoxy groups -OCH3 is 3. The summed E-state index contributed by atoms with van der Waals surface area (Å²) in [5.74, 6) is 2.17. The summed E-state index contributed by atoms with van der Waals surface area (Å²) in [5, 5.41) is 7.78. The van der Waals surface area contributed by atoms with Crippen LogP contribution in [0.15, 0.2) is 72.8 Å². The molecular weight excluding hydrogens is 578 g/mol. The first-order valence-electron chi connectivity index (χ1n) is 14.2. The molecule has 5 rings (SSSR count). The first-order valence-corrected chi connectivity index (χ1v) is 15.3. The van der Waals surface area contributed by atoms with Crippen LogP contribution in [0.5, 0.6) is 17.2 Å². The number of carbonyl (C=O) groups excluding carboxylic acids is 2. The van der Waals surface area contributed by atoms with E-state index in [0.717, 1.165) is 28.1 Å². The van der Waals surface area contributed by atoms with Crippen LogP contribution in [0.25, 0.3) is 16.9 Å². The Bertz CT molecular complexity index is 1610. The van der Waals surface area contributed by atoms with Crippen LogP contribution in [0.2, 0.25) is 0 Å². The fourth-order valence-electron chi connectivity index (χ4n) is 5.13. The van der Waals surface area contributed by atoms with E-state index in [1.54, 1.807) is 30.9 Å². The van der Waals surface area contributed by atoms with Gasteiger partial charge < -0.3 is 24.4 Å². The lowest BCUT2D eigenvalue weighted by Gasteiger charge is -2.23. The van der Waals surface area contributed by atoms with Crippen molar-refractivity contribution in [1.82, 2.24) is 20.0 Å². The summed E-state index contributed by atoms with van der Waals surface area (Å²) in [6.07, 6.45) is 0. The first kappa shape index (κ1) is 31.0. The molecule has 1 atom stereocenters. The summed E-state index contributed by atoms with van der Waals surface area (Å²) in [5.41, 5.74) is 4.10. The molecule has 230 valence electrons. The molecular formula is C33H37N5O5S. The topological polar surface area (TPSA) is 98.2 Å². The lowest BCUT2D eigenvalue weighted by atomic mass is 9.99. The fourth-order valence-corrected chi connectivity index (χ4v) is 6.32. The normalized spacial score (nSPS) is 14.6. The van der Waals surface area contributed by atoms with Crippen LogP contribution in [0, 0.1) is 0 Å². The zero-order valence-electron chi connectivity index (χ0n) is 25.6. The van der Waals surface area contributed by atoms with Crippen LogP contribution < -0.4 is 24.4 Å². The van der Waals surface area contributed by atoms with Crippen LogP contribution in [0.4, 0.5) is 5.82 Å². The molecule has 10 nitrogen and oxygen atoms in total. The van der Waals surface area contributed by atoms with Crippen LogP contribution in [-0.2, 0) is 9.59 Å². The molecule has 0 radical (unpaired) electrons. The number of fused-ring (bicyclic) bond motifs is 1. The molecule has 1 N–H and O–H groups in total. The zero-order valence-corrected chi connectivity index (χ0v) is 26.4. The molecule has 1 aliphatic heterocycles. The Kier molecular flexibility index (Phi) is 9.76. The number of hydrogen-bond donors (Lipinski definition) is 1. The van der Waals surface area contributed by atoms with Gasteiger partial charge in [-0.3, -0.25) is 14.5 Å². The van der Waals surface area contributed by atoms with Gasteiger partial charge in [0.1, 0.15) is 18.1 Å². The van der Waals surface area contributed by atoms with Gasteiger partial charge in [0.15, 0.2) is 11.5 Å². The quantitative estimate of drug-likeness (QED) is 0.265. The maximum Gasteiger partial charge on any atom is 0.240 e. The van der Waals surface area contributed by atoms with E-state index in [4.69, 9.17) is 19.3 Å². The van der Waals surface area contributed by atoms with Gasteiger partial charge >= 0.3 is 0 Å². The molecule has 0 aliphatic carbocycles. The molecule has 0 saturated heterocycles. The number of rotatable bonds is 11. The van der Waals surface area contributed by atoms with Gasteiger partial charge in [-0.05, 0) is 56.1 Å². The molecule has 1 aliphatic rings. The maximum atomic E-state index is 13.9. The highest BCUT2D eigenvalue weighted by molar-refractivity contribution is 8.00. The number of aromatic nitrogens is 2. The Morgan fingerprint density at radius 2 is 1.70 bits per heavy atom. The van der Waals surface area contributed by atoms with Gasteiger partial charge in [0, 0.05) is 24.2 Å². The van der Waals surface area contributed by atoms with Crippen LogP contribution >= 0.6 is 11.8 Å². The van der Waals surface area contributed by atoms with Crippen molar-refractivity contribution in [2.45, 2.75) is 5.25 Å². The minimum Gasteiger partial charge on any atom is -0.497 e. The van der Waals surface area contributed by atoms with Crippen molar-refractivity contribution < 1.29 is 23.8 Å². The molecule has 44 heavy (non-hydrogen) atoms. The smallest absolute Gasteiger partial charge is 0.240 e. The Morgan fingerprint density at radius 1 is 0.977 bits per heavy atom. The number of amides is 2. The number of thioether (sulfide) groups is 1. The summed E-state index contributed by atoms with van der Waals surface area (Å²) in [4.78, 5) is 30.8. The number of nitrogens with one attached hydrogen (secondary N) is 1. The number of likely N-dealkylation sites (N-methyl/N-ethyl adjacent to an activating group) is 1. The molecule has 0 spiro atoms. The SMILES string of the molecule is COc1ccc(-n2nc(-c3ccccc3)c3c2N(CC(=O)NCCN(C)C)C(=O)CS[C@H]3c2ccc(OC)c(OC)c2)cc1. The van der Waals surface area contributed by atoms with Crippen LogP contribution in [-0.4, -0.2) is 87.3 Å². The highest BCUT2D eigenvalue weighted by Gasteiger charge is 2.38. The van der Waals surface area contributed by atoms with Gasteiger partial charge in [0.2, 0.25) is 11.8 Å². The van der Waals surface area contributed by atoms with Gasteiger partial charge in [-0.15, -0.1) is 11.8 Å². The Hall–Kier alpha value is -4.48. The maximum absolute atomic E-state index is 13.9. The van der Waals surface area contributed by atoms with Gasteiger partial charge in [0.25, 0.3) is 0 Å². The van der Waals surface area contributed by atoms with E-state index in [2.05, 4.69) is 5.32 Å². The zero-order chi connectivity index (χ0) is 31.2. The van der Waals surface area contributed by atoms with Crippen molar-refractivity contribution in [2.75, 3.05) is 65.7 Å². The summed E-state index contributed by atoms with van der Waals surface area (Å²) in [6, 6.07) is 23.2. The third-order valence-electron chi connectivity index (χ3n) is 7.35. The second kappa shape index (κ2) is 13.9. The largest absolute Gasteiger partial charge is 0.497 e.